The number of hydrogen-bond donors (Lipinski definition) is 7. The zero-order chi connectivity index (χ0) is 25.3. The first-order valence-corrected chi connectivity index (χ1v) is 11.3. The summed E-state index contributed by atoms with van der Waals surface area (Å²) in [6.45, 7) is 0.754. The van der Waals surface area contributed by atoms with Crippen molar-refractivity contribution in [1.82, 2.24) is 10.6 Å². The molecule has 4 aromatic rings. The van der Waals surface area contributed by atoms with E-state index in [0.717, 1.165) is 37.9 Å². The van der Waals surface area contributed by atoms with Crippen molar-refractivity contribution in [1.29, 1.82) is 0 Å². The monoisotopic (exact) mass is 480 g/mol. The van der Waals surface area contributed by atoms with Gasteiger partial charge in [0.15, 0.2) is 6.10 Å². The number of rotatable bonds is 9. The van der Waals surface area contributed by atoms with E-state index in [9.17, 15) is 30.0 Å². The van der Waals surface area contributed by atoms with Gasteiger partial charge in [-0.3, -0.25) is 9.59 Å². The van der Waals surface area contributed by atoms with E-state index < -0.39 is 48.9 Å². The van der Waals surface area contributed by atoms with Crippen LogP contribution in [0.3, 0.4) is 0 Å². The highest BCUT2D eigenvalue weighted by Crippen LogP contribution is 2.35. The topological polar surface area (TPSA) is 159 Å². The Kier molecular flexibility index (Phi) is 7.15. The maximum Gasteiger partial charge on any atom is 0.252 e. The number of carbonyl (C=O) groups excluding carboxylic acids is 2. The SMILES string of the molecule is C[C@H](NC(=O)[C@H](O)[C@H](O)[C@@H](O)[C@@H](O)CO)C(=O)NCc1ccc2ccc3cccc4ccc1c2c34. The van der Waals surface area contributed by atoms with Gasteiger partial charge >= 0.3 is 0 Å². The van der Waals surface area contributed by atoms with Crippen molar-refractivity contribution in [2.24, 2.45) is 0 Å². The molecule has 0 radical (unpaired) electrons. The second kappa shape index (κ2) is 10.1. The van der Waals surface area contributed by atoms with Gasteiger partial charge in [0.25, 0.3) is 5.91 Å². The summed E-state index contributed by atoms with van der Waals surface area (Å²) in [5, 5.41) is 59.4. The van der Waals surface area contributed by atoms with E-state index in [0.29, 0.717) is 0 Å². The van der Waals surface area contributed by atoms with E-state index in [2.05, 4.69) is 34.9 Å². The fourth-order valence-corrected chi connectivity index (χ4v) is 4.33. The van der Waals surface area contributed by atoms with Crippen LogP contribution in [0, 0.1) is 0 Å². The molecule has 0 heterocycles. The number of benzene rings is 4. The quantitative estimate of drug-likeness (QED) is 0.168. The molecular formula is C26H28N2O7. The molecule has 9 heteroatoms. The van der Waals surface area contributed by atoms with E-state index in [4.69, 9.17) is 5.11 Å². The molecule has 0 saturated carbocycles. The molecule has 4 rings (SSSR count). The van der Waals surface area contributed by atoms with Crippen LogP contribution in [0.1, 0.15) is 12.5 Å². The van der Waals surface area contributed by atoms with Gasteiger partial charge in [0.1, 0.15) is 24.4 Å². The number of carbonyl (C=O) groups is 2. The third kappa shape index (κ3) is 4.77. The lowest BCUT2D eigenvalue weighted by Gasteiger charge is -2.25. The number of aliphatic hydroxyl groups excluding tert-OH is 5. The molecule has 0 unspecified atom stereocenters. The van der Waals surface area contributed by atoms with Crippen LogP contribution < -0.4 is 10.6 Å². The summed E-state index contributed by atoms with van der Waals surface area (Å²) in [6.07, 6.45) is -7.85. The van der Waals surface area contributed by atoms with Crippen LogP contribution in [0.2, 0.25) is 0 Å². The number of amides is 2. The standard InChI is InChI=1S/C26H28N2O7/c1-13(28-26(35)24(33)23(32)22(31)19(30)12-29)25(34)27-11-17-8-7-16-6-5-14-3-2-4-15-9-10-18(17)21(16)20(14)15/h2-10,13,19,22-24,29-33H,11-12H2,1H3,(H,27,34)(H,28,35)/t13-,19-,22-,23+,24+/m0/s1. The van der Waals surface area contributed by atoms with Gasteiger partial charge in [0, 0.05) is 6.54 Å². The summed E-state index contributed by atoms with van der Waals surface area (Å²) in [4.78, 5) is 24.8. The van der Waals surface area contributed by atoms with E-state index in [1.807, 2.05) is 30.3 Å². The second-order valence-corrected chi connectivity index (χ2v) is 8.70. The minimum Gasteiger partial charge on any atom is -0.394 e. The third-order valence-corrected chi connectivity index (χ3v) is 6.35. The van der Waals surface area contributed by atoms with Crippen molar-refractivity contribution < 1.29 is 35.1 Å². The van der Waals surface area contributed by atoms with Gasteiger partial charge in [-0.15, -0.1) is 0 Å². The van der Waals surface area contributed by atoms with Crippen LogP contribution in [0.4, 0.5) is 0 Å². The van der Waals surface area contributed by atoms with Crippen molar-refractivity contribution in [3.8, 4) is 0 Å². The summed E-state index contributed by atoms with van der Waals surface area (Å²) < 4.78 is 0. The molecule has 0 spiro atoms. The fourth-order valence-electron chi connectivity index (χ4n) is 4.33. The number of nitrogens with one attached hydrogen (secondary N) is 2. The first-order chi connectivity index (χ1) is 16.7. The van der Waals surface area contributed by atoms with Gasteiger partial charge in [0.2, 0.25) is 5.91 Å². The van der Waals surface area contributed by atoms with E-state index >= 15 is 0 Å². The normalized spacial score (nSPS) is 16.2. The number of hydrogen-bond acceptors (Lipinski definition) is 7. The van der Waals surface area contributed by atoms with Gasteiger partial charge in [0.05, 0.1) is 6.61 Å². The molecule has 35 heavy (non-hydrogen) atoms. The van der Waals surface area contributed by atoms with Gasteiger partial charge in [-0.1, -0.05) is 54.6 Å². The molecule has 0 saturated heterocycles. The summed E-state index contributed by atoms with van der Waals surface area (Å²) in [6, 6.07) is 17.3. The summed E-state index contributed by atoms with van der Waals surface area (Å²) in [5.74, 6) is -1.62. The van der Waals surface area contributed by atoms with Crippen LogP contribution in [-0.4, -0.2) is 74.4 Å². The van der Waals surface area contributed by atoms with E-state index in [1.54, 1.807) is 0 Å². The van der Waals surface area contributed by atoms with Crippen LogP contribution in [0.5, 0.6) is 0 Å². The predicted octanol–water partition coefficient (Wildman–Crippen LogP) is 0.141. The van der Waals surface area contributed by atoms with Crippen molar-refractivity contribution in [2.45, 2.75) is 43.9 Å². The Morgan fingerprint density at radius 3 is 2.06 bits per heavy atom. The van der Waals surface area contributed by atoms with Crippen LogP contribution in [-0.2, 0) is 16.1 Å². The summed E-state index contributed by atoms with van der Waals surface area (Å²) >= 11 is 0. The van der Waals surface area contributed by atoms with Crippen molar-refractivity contribution in [3.63, 3.8) is 0 Å². The van der Waals surface area contributed by atoms with E-state index in [-0.39, 0.29) is 6.54 Å². The molecule has 9 nitrogen and oxygen atoms in total. The molecule has 2 amide bonds. The van der Waals surface area contributed by atoms with Crippen LogP contribution in [0.15, 0.2) is 54.6 Å². The van der Waals surface area contributed by atoms with Crippen molar-refractivity contribution in [3.05, 3.63) is 60.2 Å². The number of aliphatic hydroxyl groups is 5. The average Bonchev–Trinajstić information content (AvgIpc) is 2.88. The predicted molar refractivity (Wildman–Crippen MR) is 131 cm³/mol. The zero-order valence-corrected chi connectivity index (χ0v) is 19.0. The third-order valence-electron chi connectivity index (χ3n) is 6.35. The van der Waals surface area contributed by atoms with Gasteiger partial charge < -0.3 is 36.2 Å². The smallest absolute Gasteiger partial charge is 0.252 e. The maximum absolute atomic E-state index is 12.6. The highest BCUT2D eigenvalue weighted by atomic mass is 16.4. The average molecular weight is 481 g/mol. The molecule has 0 aliphatic carbocycles. The summed E-state index contributed by atoms with van der Waals surface area (Å²) in [5.41, 5.74) is 0.902. The van der Waals surface area contributed by atoms with Gasteiger partial charge in [-0.2, -0.15) is 0 Å². The minimum absolute atomic E-state index is 0.208. The largest absolute Gasteiger partial charge is 0.394 e. The lowest BCUT2D eigenvalue weighted by atomic mass is 9.92. The molecule has 0 aliphatic heterocycles. The maximum atomic E-state index is 12.6. The van der Waals surface area contributed by atoms with E-state index in [1.165, 1.54) is 6.92 Å². The Morgan fingerprint density at radius 1 is 0.800 bits per heavy atom. The van der Waals surface area contributed by atoms with Gasteiger partial charge in [-0.25, -0.2) is 0 Å². The first-order valence-electron chi connectivity index (χ1n) is 11.3. The lowest BCUT2D eigenvalue weighted by molar-refractivity contribution is -0.150. The molecule has 0 fully saturated rings. The zero-order valence-electron chi connectivity index (χ0n) is 19.0. The minimum atomic E-state index is -2.11. The molecule has 4 aromatic carbocycles. The second-order valence-electron chi connectivity index (χ2n) is 8.70. The highest BCUT2D eigenvalue weighted by molar-refractivity contribution is 6.23. The molecule has 0 aromatic heterocycles. The molecule has 184 valence electrons. The Balaban J connectivity index is 1.44. The Morgan fingerprint density at radius 2 is 1.40 bits per heavy atom. The lowest BCUT2D eigenvalue weighted by Crippen LogP contribution is -2.54. The fraction of sp³-hybridized carbons (Fsp3) is 0.308. The summed E-state index contributed by atoms with van der Waals surface area (Å²) in [7, 11) is 0. The molecule has 0 aliphatic rings. The Labute approximate surface area is 200 Å². The molecule has 5 atom stereocenters. The highest BCUT2D eigenvalue weighted by Gasteiger charge is 2.35. The van der Waals surface area contributed by atoms with Crippen molar-refractivity contribution >= 4 is 44.1 Å². The molecular weight excluding hydrogens is 452 g/mol. The Hall–Kier alpha value is -3.34. The Bertz CT molecular complexity index is 1340. The van der Waals surface area contributed by atoms with Crippen molar-refractivity contribution in [2.75, 3.05) is 6.61 Å². The van der Waals surface area contributed by atoms with Crippen LogP contribution in [0.25, 0.3) is 32.3 Å². The van der Waals surface area contributed by atoms with Crippen LogP contribution >= 0.6 is 0 Å². The molecule has 7 N–H and O–H groups in total. The first kappa shape index (κ1) is 24.8. The van der Waals surface area contributed by atoms with Gasteiger partial charge in [-0.05, 0) is 44.8 Å². The molecule has 0 bridgehead atoms.